The van der Waals surface area contributed by atoms with E-state index in [-0.39, 0.29) is 23.6 Å². The van der Waals surface area contributed by atoms with Crippen molar-refractivity contribution in [3.05, 3.63) is 35.1 Å². The van der Waals surface area contributed by atoms with Gasteiger partial charge in [-0.2, -0.15) is 0 Å². The highest BCUT2D eigenvalue weighted by molar-refractivity contribution is 5.98. The maximum absolute atomic E-state index is 13.7. The third-order valence-corrected chi connectivity index (χ3v) is 3.92. The molecule has 2 heterocycles. The fourth-order valence-electron chi connectivity index (χ4n) is 2.99. The van der Waals surface area contributed by atoms with E-state index < -0.39 is 23.2 Å². The van der Waals surface area contributed by atoms with Gasteiger partial charge in [-0.3, -0.25) is 4.79 Å². The molecule has 1 aromatic rings. The second-order valence-corrected chi connectivity index (χ2v) is 5.35. The van der Waals surface area contributed by atoms with Crippen LogP contribution in [0.1, 0.15) is 23.2 Å². The van der Waals surface area contributed by atoms with Crippen molar-refractivity contribution in [1.29, 1.82) is 0 Å². The van der Waals surface area contributed by atoms with Gasteiger partial charge in [-0.25, -0.2) is 13.2 Å². The van der Waals surface area contributed by atoms with Crippen molar-refractivity contribution < 1.29 is 22.7 Å². The van der Waals surface area contributed by atoms with E-state index in [1.54, 1.807) is 0 Å². The van der Waals surface area contributed by atoms with Crippen LogP contribution in [0.25, 0.3) is 0 Å². The van der Waals surface area contributed by atoms with Crippen molar-refractivity contribution in [1.82, 2.24) is 5.32 Å². The molecule has 3 rings (SSSR count). The minimum absolute atomic E-state index is 0.0600. The Bertz CT molecular complexity index is 537. The Hall–Kier alpha value is -1.40. The van der Waals surface area contributed by atoms with Crippen LogP contribution in [0.4, 0.5) is 13.2 Å². The highest BCUT2D eigenvalue weighted by Crippen LogP contribution is 2.28. The molecule has 2 aliphatic rings. The van der Waals surface area contributed by atoms with Crippen LogP contribution in [0.3, 0.4) is 0 Å². The van der Waals surface area contributed by atoms with Gasteiger partial charge in [0.1, 0.15) is 0 Å². The van der Waals surface area contributed by atoms with Gasteiger partial charge in [-0.05, 0) is 25.0 Å². The average molecular weight is 285 g/mol. The zero-order valence-electron chi connectivity index (χ0n) is 10.7. The van der Waals surface area contributed by atoms with Crippen LogP contribution in [0, 0.1) is 23.4 Å². The molecule has 0 saturated carbocycles. The Balaban J connectivity index is 1.84. The lowest BCUT2D eigenvalue weighted by Crippen LogP contribution is -2.55. The second kappa shape index (κ2) is 5.18. The van der Waals surface area contributed by atoms with Crippen molar-refractivity contribution >= 4 is 5.78 Å². The van der Waals surface area contributed by atoms with Crippen molar-refractivity contribution in [2.45, 2.75) is 24.9 Å². The van der Waals surface area contributed by atoms with Crippen molar-refractivity contribution in [3.63, 3.8) is 0 Å². The number of nitrogens with one attached hydrogen (secondary N) is 1. The first-order valence-electron chi connectivity index (χ1n) is 6.57. The Labute approximate surface area is 114 Å². The van der Waals surface area contributed by atoms with Crippen LogP contribution in [0.5, 0.6) is 0 Å². The maximum Gasteiger partial charge on any atom is 0.195 e. The molecular formula is C14H14F3NO2. The van der Waals surface area contributed by atoms with E-state index in [2.05, 4.69) is 5.32 Å². The number of ketones is 1. The molecule has 2 unspecified atom stereocenters. The van der Waals surface area contributed by atoms with E-state index in [0.717, 1.165) is 12.1 Å². The quantitative estimate of drug-likeness (QED) is 0.667. The molecule has 1 aromatic carbocycles. The molecular weight excluding hydrogens is 271 g/mol. The number of piperidine rings is 1. The van der Waals surface area contributed by atoms with E-state index in [0.29, 0.717) is 26.1 Å². The number of carbonyl (C=O) groups is 1. The van der Waals surface area contributed by atoms with Gasteiger partial charge in [-0.1, -0.05) is 0 Å². The second-order valence-electron chi connectivity index (χ2n) is 5.35. The lowest BCUT2D eigenvalue weighted by atomic mass is 9.82. The van der Waals surface area contributed by atoms with E-state index in [4.69, 9.17) is 4.74 Å². The number of fused-ring (bicyclic) bond motifs is 2. The van der Waals surface area contributed by atoms with E-state index in [1.807, 2.05) is 0 Å². The molecule has 0 aliphatic carbocycles. The van der Waals surface area contributed by atoms with Crippen LogP contribution in [0.15, 0.2) is 12.1 Å². The smallest absolute Gasteiger partial charge is 0.195 e. The summed E-state index contributed by atoms with van der Waals surface area (Å²) in [5.74, 6) is -5.10. The first-order chi connectivity index (χ1) is 9.56. The largest absolute Gasteiger partial charge is 0.378 e. The molecule has 0 spiro atoms. The van der Waals surface area contributed by atoms with E-state index >= 15 is 0 Å². The molecule has 3 nitrogen and oxygen atoms in total. The topological polar surface area (TPSA) is 38.3 Å². The van der Waals surface area contributed by atoms with Gasteiger partial charge >= 0.3 is 0 Å². The molecule has 2 saturated heterocycles. The molecule has 108 valence electrons. The number of hydrogen-bond donors (Lipinski definition) is 1. The minimum Gasteiger partial charge on any atom is -0.378 e. The van der Waals surface area contributed by atoms with E-state index in [1.165, 1.54) is 0 Å². The fraction of sp³-hybridized carbons (Fsp3) is 0.500. The number of ether oxygens (including phenoxy) is 1. The third-order valence-electron chi connectivity index (χ3n) is 3.92. The Morgan fingerprint density at radius 2 is 1.75 bits per heavy atom. The molecule has 0 aromatic heterocycles. The van der Waals surface area contributed by atoms with Gasteiger partial charge in [0.05, 0.1) is 18.8 Å². The number of halogens is 3. The molecule has 20 heavy (non-hydrogen) atoms. The number of rotatable bonds is 2. The fourth-order valence-corrected chi connectivity index (χ4v) is 2.99. The molecule has 2 fully saturated rings. The van der Waals surface area contributed by atoms with Crippen LogP contribution >= 0.6 is 0 Å². The number of Topliss-reactive ketones (excluding diaryl/α,β-unsaturated/α-hetero) is 1. The van der Waals surface area contributed by atoms with Gasteiger partial charge in [0.2, 0.25) is 0 Å². The van der Waals surface area contributed by atoms with Crippen LogP contribution in [-0.2, 0) is 4.74 Å². The van der Waals surface area contributed by atoms with Gasteiger partial charge in [0.15, 0.2) is 23.2 Å². The normalized spacial score (nSPS) is 29.2. The van der Waals surface area contributed by atoms with E-state index in [9.17, 15) is 18.0 Å². The van der Waals surface area contributed by atoms with Gasteiger partial charge in [0, 0.05) is 18.0 Å². The predicted octanol–water partition coefficient (Wildman–Crippen LogP) is 2.05. The third kappa shape index (κ3) is 2.33. The summed E-state index contributed by atoms with van der Waals surface area (Å²) >= 11 is 0. The average Bonchev–Trinajstić information content (AvgIpc) is 2.44. The van der Waals surface area contributed by atoms with Crippen LogP contribution in [-0.4, -0.2) is 31.1 Å². The SMILES string of the molecule is O=C(c1ccc(F)c(F)c1F)C1CC2COCC(C1)N2. The zero-order chi connectivity index (χ0) is 14.3. The molecule has 2 atom stereocenters. The Kier molecular flexibility index (Phi) is 3.52. The molecule has 6 heteroatoms. The molecule has 0 amide bonds. The van der Waals surface area contributed by atoms with Gasteiger partial charge in [-0.15, -0.1) is 0 Å². The first-order valence-corrected chi connectivity index (χ1v) is 6.57. The molecule has 2 aliphatic heterocycles. The minimum atomic E-state index is -1.59. The molecule has 1 N–H and O–H groups in total. The van der Waals surface area contributed by atoms with Gasteiger partial charge < -0.3 is 10.1 Å². The Morgan fingerprint density at radius 1 is 1.10 bits per heavy atom. The monoisotopic (exact) mass is 285 g/mol. The zero-order valence-corrected chi connectivity index (χ0v) is 10.7. The summed E-state index contributed by atoms with van der Waals surface area (Å²) < 4.78 is 45.2. The van der Waals surface area contributed by atoms with Crippen molar-refractivity contribution in [2.75, 3.05) is 13.2 Å². The molecule has 2 bridgehead atoms. The summed E-state index contributed by atoms with van der Waals surface area (Å²) in [5.41, 5.74) is -0.366. The van der Waals surface area contributed by atoms with Crippen LogP contribution in [0.2, 0.25) is 0 Å². The highest BCUT2D eigenvalue weighted by Gasteiger charge is 2.36. The summed E-state index contributed by atoms with van der Waals surface area (Å²) in [6.07, 6.45) is 1.04. The standard InChI is InChI=1S/C14H14F3NO2/c15-11-2-1-10(12(16)13(11)17)14(19)7-3-8-5-20-6-9(4-7)18-8/h1-2,7-9,18H,3-6H2. The highest BCUT2D eigenvalue weighted by atomic mass is 19.2. The summed E-state index contributed by atoms with van der Waals surface area (Å²) in [4.78, 5) is 12.3. The Morgan fingerprint density at radius 3 is 2.40 bits per heavy atom. The number of carbonyl (C=O) groups excluding carboxylic acids is 1. The summed E-state index contributed by atoms with van der Waals surface area (Å²) in [6.45, 7) is 1.03. The summed E-state index contributed by atoms with van der Waals surface area (Å²) in [6, 6.07) is 1.93. The maximum atomic E-state index is 13.7. The number of benzene rings is 1. The molecule has 0 radical (unpaired) electrons. The van der Waals surface area contributed by atoms with Crippen molar-refractivity contribution in [2.24, 2.45) is 5.92 Å². The predicted molar refractivity (Wildman–Crippen MR) is 64.9 cm³/mol. The lowest BCUT2D eigenvalue weighted by molar-refractivity contribution is 0.00944. The summed E-state index contributed by atoms with van der Waals surface area (Å²) in [7, 11) is 0. The first kappa shape index (κ1) is 13.6. The van der Waals surface area contributed by atoms with Gasteiger partial charge in [0.25, 0.3) is 0 Å². The van der Waals surface area contributed by atoms with Crippen molar-refractivity contribution in [3.8, 4) is 0 Å². The summed E-state index contributed by atoms with van der Waals surface area (Å²) in [5, 5.41) is 3.32. The van der Waals surface area contributed by atoms with Crippen LogP contribution < -0.4 is 5.32 Å². The number of hydrogen-bond acceptors (Lipinski definition) is 3. The lowest BCUT2D eigenvalue weighted by Gasteiger charge is -2.39. The number of morpholine rings is 1.